The van der Waals surface area contributed by atoms with Crippen LogP contribution in [0.1, 0.15) is 18.9 Å². The molecule has 78 valence electrons. The minimum Gasteiger partial charge on any atom is -0.337 e. The van der Waals surface area contributed by atoms with Gasteiger partial charge in [0.25, 0.3) is 0 Å². The maximum Gasteiger partial charge on any atom is 0.243 e. The van der Waals surface area contributed by atoms with E-state index in [1.807, 2.05) is 14.0 Å². The number of nitrogens with one attached hydrogen (secondary N) is 1. The van der Waals surface area contributed by atoms with E-state index in [1.54, 1.807) is 18.6 Å². The third-order valence-electron chi connectivity index (χ3n) is 2.04. The predicted molar refractivity (Wildman–Crippen MR) is 52.8 cm³/mol. The van der Waals surface area contributed by atoms with E-state index in [-0.39, 0.29) is 6.04 Å². The number of hydrogen-bond donors (Lipinski definition) is 1. The summed E-state index contributed by atoms with van der Waals surface area (Å²) in [6, 6.07) is 0.0305. The lowest BCUT2D eigenvalue weighted by atomic mass is 10.3. The molecule has 0 aliphatic rings. The highest BCUT2D eigenvalue weighted by atomic mass is 16.5. The van der Waals surface area contributed by atoms with Gasteiger partial charge in [-0.3, -0.25) is 4.98 Å². The van der Waals surface area contributed by atoms with Gasteiger partial charge in [-0.15, -0.1) is 0 Å². The molecular formula is C9H11N5O. The Hall–Kier alpha value is -1.82. The van der Waals surface area contributed by atoms with Crippen molar-refractivity contribution in [2.45, 2.75) is 13.0 Å². The highest BCUT2D eigenvalue weighted by Gasteiger charge is 2.13. The van der Waals surface area contributed by atoms with Crippen molar-refractivity contribution >= 4 is 0 Å². The molecule has 0 aliphatic carbocycles. The van der Waals surface area contributed by atoms with E-state index < -0.39 is 0 Å². The molecule has 0 spiro atoms. The molecule has 0 bridgehead atoms. The zero-order valence-corrected chi connectivity index (χ0v) is 8.51. The monoisotopic (exact) mass is 205 g/mol. The molecule has 2 heterocycles. The van der Waals surface area contributed by atoms with E-state index in [1.165, 1.54) is 0 Å². The topological polar surface area (TPSA) is 76.7 Å². The van der Waals surface area contributed by atoms with Gasteiger partial charge in [0.15, 0.2) is 0 Å². The molecule has 0 amide bonds. The van der Waals surface area contributed by atoms with Crippen LogP contribution in [0.4, 0.5) is 0 Å². The average Bonchev–Trinajstić information content (AvgIpc) is 2.78. The lowest BCUT2D eigenvalue weighted by Gasteiger charge is -2.01. The highest BCUT2D eigenvalue weighted by molar-refractivity contribution is 5.45. The van der Waals surface area contributed by atoms with Crippen molar-refractivity contribution in [3.05, 3.63) is 24.5 Å². The van der Waals surface area contributed by atoms with Crippen LogP contribution in [0.5, 0.6) is 0 Å². The van der Waals surface area contributed by atoms with Gasteiger partial charge in [-0.2, -0.15) is 4.98 Å². The second kappa shape index (κ2) is 4.14. The molecule has 2 aromatic rings. The first kappa shape index (κ1) is 9.72. The summed E-state index contributed by atoms with van der Waals surface area (Å²) in [6.45, 7) is 1.94. The molecule has 2 aromatic heterocycles. The van der Waals surface area contributed by atoms with Crippen molar-refractivity contribution in [1.29, 1.82) is 0 Å². The van der Waals surface area contributed by atoms with Gasteiger partial charge in [-0.05, 0) is 14.0 Å². The molecular weight excluding hydrogens is 194 g/mol. The van der Waals surface area contributed by atoms with Gasteiger partial charge in [0.05, 0.1) is 12.2 Å². The maximum atomic E-state index is 5.08. The second-order valence-electron chi connectivity index (χ2n) is 3.06. The summed E-state index contributed by atoms with van der Waals surface area (Å²) in [5, 5.41) is 6.84. The molecule has 1 unspecified atom stereocenters. The summed E-state index contributed by atoms with van der Waals surface area (Å²) < 4.78 is 5.08. The van der Waals surface area contributed by atoms with Crippen LogP contribution < -0.4 is 5.32 Å². The van der Waals surface area contributed by atoms with Crippen LogP contribution in [0.2, 0.25) is 0 Å². The van der Waals surface area contributed by atoms with E-state index in [0.29, 0.717) is 17.4 Å². The van der Waals surface area contributed by atoms with Crippen molar-refractivity contribution in [3.63, 3.8) is 0 Å². The van der Waals surface area contributed by atoms with Crippen LogP contribution in [-0.4, -0.2) is 27.2 Å². The van der Waals surface area contributed by atoms with Crippen LogP contribution in [0, 0.1) is 0 Å². The van der Waals surface area contributed by atoms with E-state index in [9.17, 15) is 0 Å². The minimum absolute atomic E-state index is 0.0305. The fourth-order valence-electron chi connectivity index (χ4n) is 1.05. The van der Waals surface area contributed by atoms with Crippen LogP contribution in [0.3, 0.4) is 0 Å². The molecule has 0 aliphatic heterocycles. The quantitative estimate of drug-likeness (QED) is 0.798. The summed E-state index contributed by atoms with van der Waals surface area (Å²) in [5.74, 6) is 0.998. The first-order valence-corrected chi connectivity index (χ1v) is 4.58. The number of hydrogen-bond acceptors (Lipinski definition) is 6. The van der Waals surface area contributed by atoms with Gasteiger partial charge in [0.1, 0.15) is 5.69 Å². The van der Waals surface area contributed by atoms with Crippen molar-refractivity contribution in [1.82, 2.24) is 25.4 Å². The molecule has 6 heteroatoms. The van der Waals surface area contributed by atoms with Gasteiger partial charge in [-0.25, -0.2) is 4.98 Å². The highest BCUT2D eigenvalue weighted by Crippen LogP contribution is 2.14. The Morgan fingerprint density at radius 1 is 1.40 bits per heavy atom. The lowest BCUT2D eigenvalue weighted by Crippen LogP contribution is -2.12. The molecule has 6 nitrogen and oxygen atoms in total. The molecule has 1 atom stereocenters. The van der Waals surface area contributed by atoms with Crippen molar-refractivity contribution in [3.8, 4) is 11.5 Å². The zero-order valence-electron chi connectivity index (χ0n) is 8.51. The molecule has 15 heavy (non-hydrogen) atoms. The van der Waals surface area contributed by atoms with E-state index in [4.69, 9.17) is 4.52 Å². The molecule has 2 rings (SSSR count). The average molecular weight is 205 g/mol. The van der Waals surface area contributed by atoms with E-state index in [2.05, 4.69) is 25.4 Å². The van der Waals surface area contributed by atoms with Crippen LogP contribution in [0.15, 0.2) is 23.1 Å². The smallest absolute Gasteiger partial charge is 0.243 e. The largest absolute Gasteiger partial charge is 0.337 e. The number of rotatable bonds is 3. The number of nitrogens with zero attached hydrogens (tertiary/aromatic N) is 4. The van der Waals surface area contributed by atoms with Gasteiger partial charge < -0.3 is 9.84 Å². The van der Waals surface area contributed by atoms with Crippen molar-refractivity contribution < 1.29 is 4.52 Å². The molecule has 0 saturated carbocycles. The molecule has 0 saturated heterocycles. The van der Waals surface area contributed by atoms with Gasteiger partial charge in [0.2, 0.25) is 11.7 Å². The fourth-order valence-corrected chi connectivity index (χ4v) is 1.05. The first-order valence-electron chi connectivity index (χ1n) is 4.58. The fraction of sp³-hybridized carbons (Fsp3) is 0.333. The minimum atomic E-state index is 0.0305. The van der Waals surface area contributed by atoms with Crippen LogP contribution in [0.25, 0.3) is 11.5 Å². The zero-order chi connectivity index (χ0) is 10.7. The predicted octanol–water partition coefficient (Wildman–Crippen LogP) is 0.807. The number of aromatic nitrogens is 4. The molecule has 1 N–H and O–H groups in total. The van der Waals surface area contributed by atoms with Crippen LogP contribution >= 0.6 is 0 Å². The van der Waals surface area contributed by atoms with Gasteiger partial charge in [-0.1, -0.05) is 5.16 Å². The van der Waals surface area contributed by atoms with E-state index in [0.717, 1.165) is 0 Å². The third kappa shape index (κ3) is 1.99. The summed E-state index contributed by atoms with van der Waals surface area (Å²) in [6.07, 6.45) is 4.78. The van der Waals surface area contributed by atoms with Crippen LogP contribution in [-0.2, 0) is 0 Å². The maximum absolute atomic E-state index is 5.08. The Morgan fingerprint density at radius 2 is 2.27 bits per heavy atom. The Labute approximate surface area is 86.8 Å². The normalized spacial score (nSPS) is 12.7. The SMILES string of the molecule is CNC(C)c1nc(-c2cnccn2)no1. The summed E-state index contributed by atoms with van der Waals surface area (Å²) in [5.41, 5.74) is 0.607. The Kier molecular flexibility index (Phi) is 2.68. The first-order chi connectivity index (χ1) is 7.31. The summed E-state index contributed by atoms with van der Waals surface area (Å²) in [7, 11) is 1.83. The Bertz CT molecular complexity index is 427. The molecule has 0 fully saturated rings. The van der Waals surface area contributed by atoms with Crippen molar-refractivity contribution in [2.24, 2.45) is 0 Å². The Morgan fingerprint density at radius 3 is 2.93 bits per heavy atom. The Balaban J connectivity index is 2.28. The summed E-state index contributed by atoms with van der Waals surface area (Å²) in [4.78, 5) is 12.2. The van der Waals surface area contributed by atoms with Crippen molar-refractivity contribution in [2.75, 3.05) is 7.05 Å². The van der Waals surface area contributed by atoms with Gasteiger partial charge >= 0.3 is 0 Å². The lowest BCUT2D eigenvalue weighted by molar-refractivity contribution is 0.347. The summed E-state index contributed by atoms with van der Waals surface area (Å²) >= 11 is 0. The van der Waals surface area contributed by atoms with Gasteiger partial charge in [0, 0.05) is 12.4 Å². The third-order valence-corrected chi connectivity index (χ3v) is 2.04. The molecule has 0 aromatic carbocycles. The second-order valence-corrected chi connectivity index (χ2v) is 3.06. The molecule has 0 radical (unpaired) electrons. The van der Waals surface area contributed by atoms with E-state index >= 15 is 0 Å². The standard InChI is InChI=1S/C9H11N5O/c1-6(10-2)9-13-8(14-15-9)7-5-11-3-4-12-7/h3-6,10H,1-2H3.